The van der Waals surface area contributed by atoms with Crippen LogP contribution in [0.1, 0.15) is 76.4 Å². The molecule has 1 unspecified atom stereocenters. The highest BCUT2D eigenvalue weighted by Crippen LogP contribution is 2.36. The predicted molar refractivity (Wildman–Crippen MR) is 172 cm³/mol. The van der Waals surface area contributed by atoms with E-state index >= 15 is 0 Å². The number of carbonyl (C=O) groups excluding carboxylic acids is 3. The molecule has 1 atom stereocenters. The third-order valence-corrected chi connectivity index (χ3v) is 7.36. The Hall–Kier alpha value is -4.00. The first kappa shape index (κ1) is 33.9. The topological polar surface area (TPSA) is 137 Å². The Morgan fingerprint density at radius 1 is 1.13 bits per heavy atom. The number of ether oxygens (including phenoxy) is 3. The van der Waals surface area contributed by atoms with Gasteiger partial charge in [-0.3, -0.25) is 14.9 Å². The summed E-state index contributed by atoms with van der Waals surface area (Å²) in [6.45, 7) is 10.2. The minimum Gasteiger partial charge on any atom is -0.444 e. The van der Waals surface area contributed by atoms with Gasteiger partial charge in [0.1, 0.15) is 5.60 Å². The van der Waals surface area contributed by atoms with Crippen molar-refractivity contribution in [3.63, 3.8) is 0 Å². The number of amides is 2. The van der Waals surface area contributed by atoms with Gasteiger partial charge in [0.25, 0.3) is 0 Å². The molecule has 1 aliphatic rings. The molecule has 2 heterocycles. The Balaban J connectivity index is 1.48. The summed E-state index contributed by atoms with van der Waals surface area (Å²) in [5, 5.41) is 13.9. The van der Waals surface area contributed by atoms with E-state index in [2.05, 4.69) is 20.9 Å². The lowest BCUT2D eigenvalue weighted by molar-refractivity contribution is -0.169. The number of rotatable bonds is 11. The molecular weight excluding hydrogens is 600 g/mol. The number of halogens is 1. The summed E-state index contributed by atoms with van der Waals surface area (Å²) in [7, 11) is 1.87. The number of carbonyl (C=O) groups is 3. The number of anilines is 3. The van der Waals surface area contributed by atoms with Gasteiger partial charge in [0, 0.05) is 25.3 Å². The first-order chi connectivity index (χ1) is 21.3. The predicted octanol–water partition coefficient (Wildman–Crippen LogP) is 6.37. The molecule has 2 N–H and O–H groups in total. The maximum Gasteiger partial charge on any atom is 0.412 e. The molecule has 13 heteroatoms. The maximum atomic E-state index is 13.2. The van der Waals surface area contributed by atoms with Crippen molar-refractivity contribution in [2.75, 3.05) is 29.2 Å². The summed E-state index contributed by atoms with van der Waals surface area (Å²) in [5.41, 5.74) is 2.03. The molecule has 0 saturated carbocycles. The lowest BCUT2D eigenvalue weighted by Crippen LogP contribution is -2.29. The number of ketones is 1. The van der Waals surface area contributed by atoms with Crippen molar-refractivity contribution < 1.29 is 28.6 Å². The van der Waals surface area contributed by atoms with Gasteiger partial charge in [-0.05, 0) is 78.1 Å². The van der Waals surface area contributed by atoms with Gasteiger partial charge in [0.15, 0.2) is 12.1 Å². The van der Waals surface area contributed by atoms with Crippen molar-refractivity contribution in [1.29, 1.82) is 0 Å². The van der Waals surface area contributed by atoms with Crippen molar-refractivity contribution in [3.8, 4) is 5.69 Å². The van der Waals surface area contributed by atoms with Crippen LogP contribution in [0.5, 0.6) is 0 Å². The van der Waals surface area contributed by atoms with Crippen LogP contribution >= 0.6 is 11.6 Å². The fraction of sp³-hybridized carbons (Fsp3) is 0.469. The second-order valence-electron chi connectivity index (χ2n) is 12.1. The third kappa shape index (κ3) is 9.49. The minimum atomic E-state index is -0.734. The minimum absolute atomic E-state index is 0.109. The van der Waals surface area contributed by atoms with Crippen molar-refractivity contribution >= 4 is 46.4 Å². The molecule has 3 aromatic rings. The van der Waals surface area contributed by atoms with E-state index in [1.165, 1.54) is 6.07 Å². The number of Topliss-reactive ketones (excluding diaryl/α,β-unsaturated/α-hetero) is 1. The number of nitrogens with one attached hydrogen (secondary N) is 2. The lowest BCUT2D eigenvalue weighted by atomic mass is 10.1. The molecular formula is C32H41ClN6O6. The van der Waals surface area contributed by atoms with Gasteiger partial charge < -0.3 is 24.4 Å². The van der Waals surface area contributed by atoms with E-state index in [0.717, 1.165) is 19.3 Å². The highest BCUT2D eigenvalue weighted by molar-refractivity contribution is 6.34. The SMILES string of the molecule is CC(C)N(C)c1cc(NC(=O)OC(C)(C)C)c(NC(=O)CC(=O)c2cccc(-n3nncc3COC3CCCCO3)c2)cc1Cl. The molecule has 0 radical (unpaired) electrons. The summed E-state index contributed by atoms with van der Waals surface area (Å²) < 4.78 is 18.5. The molecule has 242 valence electrons. The van der Waals surface area contributed by atoms with Crippen LogP contribution in [-0.4, -0.2) is 64.4 Å². The molecule has 0 bridgehead atoms. The van der Waals surface area contributed by atoms with Crippen molar-refractivity contribution in [2.24, 2.45) is 0 Å². The summed E-state index contributed by atoms with van der Waals surface area (Å²) in [6, 6.07) is 10.1. The smallest absolute Gasteiger partial charge is 0.412 e. The molecule has 0 aliphatic carbocycles. The number of aromatic nitrogens is 3. The second kappa shape index (κ2) is 14.9. The molecule has 45 heavy (non-hydrogen) atoms. The summed E-state index contributed by atoms with van der Waals surface area (Å²) in [6.07, 6.45) is 3.09. The van der Waals surface area contributed by atoms with E-state index in [-0.39, 0.29) is 30.3 Å². The molecule has 12 nitrogen and oxygen atoms in total. The summed E-state index contributed by atoms with van der Waals surface area (Å²) >= 11 is 6.58. The Bertz CT molecular complexity index is 1510. The quantitative estimate of drug-likeness (QED) is 0.181. The van der Waals surface area contributed by atoms with Crippen LogP contribution in [0.4, 0.5) is 21.9 Å². The van der Waals surface area contributed by atoms with Gasteiger partial charge in [-0.15, -0.1) is 5.10 Å². The molecule has 2 aromatic carbocycles. The van der Waals surface area contributed by atoms with Crippen molar-refractivity contribution in [2.45, 2.75) is 84.8 Å². The van der Waals surface area contributed by atoms with Gasteiger partial charge in [-0.2, -0.15) is 0 Å². The molecule has 1 fully saturated rings. The Kier molecular flexibility index (Phi) is 11.2. The Morgan fingerprint density at radius 3 is 2.58 bits per heavy atom. The van der Waals surface area contributed by atoms with Gasteiger partial charge in [-0.1, -0.05) is 28.9 Å². The number of nitrogens with zero attached hydrogens (tertiary/aromatic N) is 4. The molecule has 4 rings (SSSR count). The van der Waals surface area contributed by atoms with E-state index in [1.54, 1.807) is 62.0 Å². The lowest BCUT2D eigenvalue weighted by Gasteiger charge is -2.27. The maximum absolute atomic E-state index is 13.2. The normalized spacial score (nSPS) is 15.1. The number of hydrogen-bond donors (Lipinski definition) is 2. The van der Waals surface area contributed by atoms with E-state index in [9.17, 15) is 14.4 Å². The van der Waals surface area contributed by atoms with E-state index < -0.39 is 29.8 Å². The third-order valence-electron chi connectivity index (χ3n) is 7.06. The zero-order valence-electron chi connectivity index (χ0n) is 26.6. The highest BCUT2D eigenvalue weighted by atomic mass is 35.5. The van der Waals surface area contributed by atoms with Crippen LogP contribution in [0.25, 0.3) is 5.69 Å². The van der Waals surface area contributed by atoms with E-state index in [0.29, 0.717) is 34.3 Å². The number of hydrogen-bond acceptors (Lipinski definition) is 9. The fourth-order valence-corrected chi connectivity index (χ4v) is 4.87. The standard InChI is InChI=1S/C32H41ClN6O6/c1-20(2)38(6)27-16-26(36-31(42)45-32(3,4)5)25(15-24(27)33)35-29(41)17-28(40)21-10-9-11-22(14-21)39-23(18-34-37-39)19-44-30-12-7-8-13-43-30/h9-11,14-16,18,20,30H,7-8,12-13,17,19H2,1-6H3,(H,35,41)(H,36,42). The van der Waals surface area contributed by atoms with Crippen LogP contribution in [0.3, 0.4) is 0 Å². The monoisotopic (exact) mass is 640 g/mol. The average molecular weight is 641 g/mol. The molecule has 0 spiro atoms. The van der Waals surface area contributed by atoms with Crippen LogP contribution in [0.15, 0.2) is 42.6 Å². The zero-order chi connectivity index (χ0) is 32.7. The van der Waals surface area contributed by atoms with Gasteiger partial charge in [-0.25, -0.2) is 9.48 Å². The fourth-order valence-electron chi connectivity index (χ4n) is 4.58. The Labute approximate surface area is 268 Å². The molecule has 2 amide bonds. The molecule has 1 aromatic heterocycles. The zero-order valence-corrected chi connectivity index (χ0v) is 27.3. The van der Waals surface area contributed by atoms with Crippen LogP contribution in [0, 0.1) is 0 Å². The second-order valence-corrected chi connectivity index (χ2v) is 12.5. The summed E-state index contributed by atoms with van der Waals surface area (Å²) in [4.78, 5) is 40.9. The summed E-state index contributed by atoms with van der Waals surface area (Å²) in [5.74, 6) is -0.993. The molecule has 1 aliphatic heterocycles. The first-order valence-electron chi connectivity index (χ1n) is 14.9. The van der Waals surface area contributed by atoms with Crippen molar-refractivity contribution in [3.05, 3.63) is 58.9 Å². The van der Waals surface area contributed by atoms with E-state index in [4.69, 9.17) is 25.8 Å². The largest absolute Gasteiger partial charge is 0.444 e. The van der Waals surface area contributed by atoms with E-state index in [1.807, 2.05) is 25.8 Å². The van der Waals surface area contributed by atoms with Gasteiger partial charge in [0.2, 0.25) is 5.91 Å². The van der Waals surface area contributed by atoms with Crippen LogP contribution in [0.2, 0.25) is 5.02 Å². The first-order valence-corrected chi connectivity index (χ1v) is 15.3. The van der Waals surface area contributed by atoms with Gasteiger partial charge in [0.05, 0.1) is 52.7 Å². The van der Waals surface area contributed by atoms with Gasteiger partial charge >= 0.3 is 6.09 Å². The van der Waals surface area contributed by atoms with Crippen molar-refractivity contribution in [1.82, 2.24) is 15.0 Å². The highest BCUT2D eigenvalue weighted by Gasteiger charge is 2.22. The average Bonchev–Trinajstić information content (AvgIpc) is 3.45. The Morgan fingerprint density at radius 2 is 1.89 bits per heavy atom. The molecule has 1 saturated heterocycles. The van der Waals surface area contributed by atoms with Crippen LogP contribution < -0.4 is 15.5 Å². The van der Waals surface area contributed by atoms with Crippen LogP contribution in [-0.2, 0) is 25.6 Å². The number of benzene rings is 2.